The molecule has 5 aromatic rings. The van der Waals surface area contributed by atoms with Crippen molar-refractivity contribution in [1.29, 1.82) is 0 Å². The van der Waals surface area contributed by atoms with Crippen molar-refractivity contribution < 1.29 is 0 Å². The molecule has 0 aliphatic carbocycles. The van der Waals surface area contributed by atoms with E-state index in [2.05, 4.69) is 206 Å². The van der Waals surface area contributed by atoms with E-state index >= 15 is 0 Å². The van der Waals surface area contributed by atoms with E-state index in [9.17, 15) is 0 Å². The lowest BCUT2D eigenvalue weighted by Crippen LogP contribution is -2.76. The second-order valence-corrected chi connectivity index (χ2v) is 26.7. The third-order valence-electron chi connectivity index (χ3n) is 9.30. The Hall–Kier alpha value is -3.82. The molecule has 0 bridgehead atoms. The number of anilines is 5. The van der Waals surface area contributed by atoms with E-state index in [0.717, 1.165) is 0 Å². The SMILES string of the molecule is C[SiH]1N(c2ccccc2)[SiH](C)N(c2ccccc2)[SiH](C)N(c2ccccc2)[SiH](C)N(c2ccccc2)[SiH](C)N1c1ccccc1. The minimum absolute atomic E-state index is 1.36. The van der Waals surface area contributed by atoms with Gasteiger partial charge in [-0.15, -0.1) is 0 Å². The Bertz CT molecular complexity index is 1310. The number of hydrogen-bond donors (Lipinski definition) is 0. The van der Waals surface area contributed by atoms with E-state index in [1.807, 2.05) is 0 Å². The summed E-state index contributed by atoms with van der Waals surface area (Å²) in [6, 6.07) is 56.5. The van der Waals surface area contributed by atoms with Crippen LogP contribution >= 0.6 is 0 Å². The Labute approximate surface area is 278 Å². The molecule has 10 heteroatoms. The monoisotopic (exact) mass is 675 g/mol. The standard InChI is InChI=1S/C35H45N5Si5/c1-41-36(31-21-11-6-12-22-31)42(2)38(33-25-15-8-16-26-33)44(4)40(35-29-19-10-20-30-35)45(5)39(34-27-17-9-18-28-34)43(3)37(41)32-23-13-7-14-24-32/h6-30,41-45H,1-5H3. The zero-order chi connectivity index (χ0) is 31.3. The van der Waals surface area contributed by atoms with E-state index in [1.165, 1.54) is 28.4 Å². The highest BCUT2D eigenvalue weighted by molar-refractivity contribution is 7.04. The van der Waals surface area contributed by atoms with Crippen LogP contribution in [0.1, 0.15) is 0 Å². The molecule has 0 atom stereocenters. The molecule has 45 heavy (non-hydrogen) atoms. The minimum atomic E-state index is -1.76. The first-order valence-electron chi connectivity index (χ1n) is 16.1. The molecule has 0 saturated carbocycles. The highest BCUT2D eigenvalue weighted by atomic mass is 28.4. The van der Waals surface area contributed by atoms with Crippen LogP contribution in [0, 0.1) is 0 Å². The maximum Gasteiger partial charge on any atom is 0.230 e. The molecule has 1 aliphatic rings. The van der Waals surface area contributed by atoms with Gasteiger partial charge in [0.25, 0.3) is 0 Å². The lowest BCUT2D eigenvalue weighted by atomic mass is 10.3. The number of hydrogen-bond acceptors (Lipinski definition) is 5. The minimum Gasteiger partial charge on any atom is -0.398 e. The highest BCUT2D eigenvalue weighted by Crippen LogP contribution is 2.34. The summed E-state index contributed by atoms with van der Waals surface area (Å²) in [6.45, 7) is 13.0. The Morgan fingerprint density at radius 3 is 0.511 bits per heavy atom. The van der Waals surface area contributed by atoms with Gasteiger partial charge in [0.05, 0.1) is 0 Å². The van der Waals surface area contributed by atoms with Crippen molar-refractivity contribution in [2.24, 2.45) is 0 Å². The normalized spacial score (nSPS) is 22.8. The van der Waals surface area contributed by atoms with Crippen molar-refractivity contribution in [1.82, 2.24) is 0 Å². The van der Waals surface area contributed by atoms with Crippen LogP contribution in [0.5, 0.6) is 0 Å². The fourth-order valence-corrected chi connectivity index (χ4v) is 33.9. The van der Waals surface area contributed by atoms with Crippen LogP contribution in [0.15, 0.2) is 152 Å². The maximum atomic E-state index is 2.94. The molecule has 1 saturated heterocycles. The van der Waals surface area contributed by atoms with Gasteiger partial charge < -0.3 is 21.2 Å². The lowest BCUT2D eigenvalue weighted by molar-refractivity contribution is 1.26. The summed E-state index contributed by atoms with van der Waals surface area (Å²) in [4.78, 5) is 0. The van der Waals surface area contributed by atoms with E-state index in [-0.39, 0.29) is 0 Å². The summed E-state index contributed by atoms with van der Waals surface area (Å²) >= 11 is 0. The zero-order valence-electron chi connectivity index (χ0n) is 27.1. The highest BCUT2D eigenvalue weighted by Gasteiger charge is 2.44. The van der Waals surface area contributed by atoms with Crippen LogP contribution in [0.2, 0.25) is 32.7 Å². The van der Waals surface area contributed by atoms with Crippen molar-refractivity contribution in [3.63, 3.8) is 0 Å². The Morgan fingerprint density at radius 2 is 0.378 bits per heavy atom. The van der Waals surface area contributed by atoms with Gasteiger partial charge >= 0.3 is 0 Å². The first-order chi connectivity index (χ1) is 22.0. The summed E-state index contributed by atoms with van der Waals surface area (Å²) < 4.78 is 14.7. The third-order valence-corrected chi connectivity index (χ3v) is 33.3. The van der Waals surface area contributed by atoms with Crippen molar-refractivity contribution >= 4 is 74.0 Å². The van der Waals surface area contributed by atoms with E-state index in [1.54, 1.807) is 0 Å². The van der Waals surface area contributed by atoms with Gasteiger partial charge in [-0.1, -0.05) is 91.0 Å². The van der Waals surface area contributed by atoms with Gasteiger partial charge in [0.1, 0.15) is 0 Å². The summed E-state index contributed by atoms with van der Waals surface area (Å²) in [6.07, 6.45) is 0. The Balaban J connectivity index is 1.64. The van der Waals surface area contributed by atoms with Gasteiger partial charge in [-0.25, -0.2) is 0 Å². The summed E-state index contributed by atoms with van der Waals surface area (Å²) in [5.74, 6) is 0. The number of rotatable bonds is 5. The molecule has 230 valence electrons. The molecule has 0 amide bonds. The quantitative estimate of drug-likeness (QED) is 0.190. The fourth-order valence-electron chi connectivity index (χ4n) is 7.39. The molecule has 5 nitrogen and oxygen atoms in total. The average Bonchev–Trinajstić information content (AvgIpc) is 3.07. The maximum absolute atomic E-state index is 2.94. The van der Waals surface area contributed by atoms with E-state index in [0.29, 0.717) is 0 Å². The van der Waals surface area contributed by atoms with Gasteiger partial charge in [0, 0.05) is 28.4 Å². The van der Waals surface area contributed by atoms with Crippen molar-refractivity contribution in [3.8, 4) is 0 Å². The van der Waals surface area contributed by atoms with Crippen molar-refractivity contribution in [2.75, 3.05) is 21.2 Å². The number of para-hydroxylation sites is 5. The Kier molecular flexibility index (Phi) is 9.76. The van der Waals surface area contributed by atoms with Crippen LogP contribution in [-0.2, 0) is 0 Å². The molecule has 0 unspecified atom stereocenters. The molecular formula is C35H45N5Si5. The van der Waals surface area contributed by atoms with Crippen LogP contribution in [0.4, 0.5) is 28.4 Å². The van der Waals surface area contributed by atoms with Crippen LogP contribution < -0.4 is 21.2 Å². The van der Waals surface area contributed by atoms with Gasteiger partial charge in [-0.2, -0.15) is 0 Å². The van der Waals surface area contributed by atoms with Crippen LogP contribution in [0.3, 0.4) is 0 Å². The van der Waals surface area contributed by atoms with E-state index in [4.69, 9.17) is 0 Å². The molecule has 1 fully saturated rings. The summed E-state index contributed by atoms with van der Waals surface area (Å²) in [5.41, 5.74) is 6.82. The van der Waals surface area contributed by atoms with Crippen LogP contribution in [-0.4, -0.2) is 45.6 Å². The molecular weight excluding hydrogens is 631 g/mol. The summed E-state index contributed by atoms with van der Waals surface area (Å²) in [5, 5.41) is 0. The van der Waals surface area contributed by atoms with Crippen molar-refractivity contribution in [2.45, 2.75) is 32.7 Å². The number of benzene rings is 5. The van der Waals surface area contributed by atoms with Crippen molar-refractivity contribution in [3.05, 3.63) is 152 Å². The zero-order valence-corrected chi connectivity index (χ0v) is 32.8. The molecule has 1 heterocycles. The average molecular weight is 676 g/mol. The second kappa shape index (κ2) is 14.1. The van der Waals surface area contributed by atoms with Crippen LogP contribution in [0.25, 0.3) is 0 Å². The lowest BCUT2D eigenvalue weighted by Gasteiger charge is -2.57. The first-order valence-corrected chi connectivity index (χ1v) is 27.1. The molecule has 1 aliphatic heterocycles. The molecule has 0 N–H and O–H groups in total. The molecule has 0 aromatic heterocycles. The van der Waals surface area contributed by atoms with Gasteiger partial charge in [0.15, 0.2) is 0 Å². The van der Waals surface area contributed by atoms with Gasteiger partial charge in [-0.3, -0.25) is 0 Å². The topological polar surface area (TPSA) is 16.2 Å². The first kappa shape index (κ1) is 31.2. The van der Waals surface area contributed by atoms with Gasteiger partial charge in [-0.05, 0) is 93.4 Å². The summed E-state index contributed by atoms with van der Waals surface area (Å²) in [7, 11) is -8.78. The fraction of sp³-hybridized carbons (Fsp3) is 0.143. The second-order valence-electron chi connectivity index (χ2n) is 11.9. The third kappa shape index (κ3) is 6.33. The predicted octanol–water partition coefficient (Wildman–Crippen LogP) is 6.78. The smallest absolute Gasteiger partial charge is 0.230 e. The van der Waals surface area contributed by atoms with Gasteiger partial charge in [0.2, 0.25) is 45.6 Å². The Morgan fingerprint density at radius 1 is 0.244 bits per heavy atom. The van der Waals surface area contributed by atoms with E-state index < -0.39 is 45.6 Å². The molecule has 5 aromatic carbocycles. The predicted molar refractivity (Wildman–Crippen MR) is 210 cm³/mol. The molecule has 0 spiro atoms. The number of nitrogens with zero attached hydrogens (tertiary/aromatic N) is 5. The molecule has 0 radical (unpaired) electrons. The largest absolute Gasteiger partial charge is 0.398 e. The molecule has 6 rings (SSSR count).